The summed E-state index contributed by atoms with van der Waals surface area (Å²) in [7, 11) is 0. The van der Waals surface area contributed by atoms with Crippen LogP contribution in [0.1, 0.15) is 30.4 Å². The van der Waals surface area contributed by atoms with Gasteiger partial charge in [-0.3, -0.25) is 4.98 Å². The Hall–Kier alpha value is -3.16. The van der Waals surface area contributed by atoms with Crippen molar-refractivity contribution in [1.29, 1.82) is 0 Å². The van der Waals surface area contributed by atoms with Crippen molar-refractivity contribution in [2.75, 3.05) is 16.8 Å². The molecular weight excluding hydrogens is 316 g/mol. The average molecular weight is 334 g/mol. The molecule has 1 saturated heterocycles. The Bertz CT molecular complexity index is 840. The van der Waals surface area contributed by atoms with Gasteiger partial charge in [0.15, 0.2) is 0 Å². The van der Waals surface area contributed by atoms with Crippen LogP contribution >= 0.6 is 0 Å². The average Bonchev–Trinajstić information content (AvgIpc) is 3.13. The number of aromatic nitrogens is 6. The highest BCUT2D eigenvalue weighted by Gasteiger charge is 2.28. The molecule has 1 aliphatic rings. The standard InChI is InChI=1S/C17H18N8/c1-12-22-13(9-15(23-12)24-16-10-18-6-7-20-16)14-3-2-8-25(14)17-4-5-19-11-21-17/h4-7,9-11,14H,2-3,8H2,1H3,(H,20,22,23,24). The van der Waals surface area contributed by atoms with E-state index in [1.807, 2.05) is 19.1 Å². The van der Waals surface area contributed by atoms with E-state index in [0.717, 1.165) is 42.5 Å². The van der Waals surface area contributed by atoms with Crippen LogP contribution in [0.2, 0.25) is 0 Å². The summed E-state index contributed by atoms with van der Waals surface area (Å²) in [6.45, 7) is 2.85. The molecule has 1 fully saturated rings. The second-order valence-corrected chi connectivity index (χ2v) is 5.86. The van der Waals surface area contributed by atoms with E-state index in [4.69, 9.17) is 0 Å². The summed E-state index contributed by atoms with van der Waals surface area (Å²) in [4.78, 5) is 28.1. The molecular formula is C17H18N8. The summed E-state index contributed by atoms with van der Waals surface area (Å²) < 4.78 is 0. The van der Waals surface area contributed by atoms with Gasteiger partial charge in [0.1, 0.15) is 29.6 Å². The largest absolute Gasteiger partial charge is 0.348 e. The van der Waals surface area contributed by atoms with Crippen molar-refractivity contribution >= 4 is 17.5 Å². The summed E-state index contributed by atoms with van der Waals surface area (Å²) in [5, 5.41) is 3.19. The van der Waals surface area contributed by atoms with Crippen molar-refractivity contribution < 1.29 is 0 Å². The van der Waals surface area contributed by atoms with E-state index in [0.29, 0.717) is 5.82 Å². The Morgan fingerprint density at radius 1 is 1.08 bits per heavy atom. The molecule has 0 aromatic carbocycles. The summed E-state index contributed by atoms with van der Waals surface area (Å²) >= 11 is 0. The Balaban J connectivity index is 1.63. The number of rotatable bonds is 4. The lowest BCUT2D eigenvalue weighted by Gasteiger charge is -2.25. The van der Waals surface area contributed by atoms with Crippen LogP contribution in [0.15, 0.2) is 43.2 Å². The zero-order valence-electron chi connectivity index (χ0n) is 13.9. The van der Waals surface area contributed by atoms with Crippen LogP contribution in [0.4, 0.5) is 17.5 Å². The Kier molecular flexibility index (Phi) is 4.16. The quantitative estimate of drug-likeness (QED) is 0.778. The van der Waals surface area contributed by atoms with Crippen molar-refractivity contribution in [2.45, 2.75) is 25.8 Å². The smallest absolute Gasteiger partial charge is 0.150 e. The molecule has 0 bridgehead atoms. The van der Waals surface area contributed by atoms with Gasteiger partial charge in [-0.1, -0.05) is 0 Å². The fraction of sp³-hybridized carbons (Fsp3) is 0.294. The van der Waals surface area contributed by atoms with Gasteiger partial charge in [-0.05, 0) is 25.8 Å². The van der Waals surface area contributed by atoms with Crippen LogP contribution in [-0.4, -0.2) is 36.4 Å². The molecule has 1 unspecified atom stereocenters. The molecule has 1 N–H and O–H groups in total. The van der Waals surface area contributed by atoms with Gasteiger partial charge in [0.25, 0.3) is 0 Å². The van der Waals surface area contributed by atoms with Gasteiger partial charge >= 0.3 is 0 Å². The summed E-state index contributed by atoms with van der Waals surface area (Å²) in [5.41, 5.74) is 0.981. The molecule has 3 aromatic rings. The molecule has 25 heavy (non-hydrogen) atoms. The van der Waals surface area contributed by atoms with Crippen molar-refractivity contribution in [3.63, 3.8) is 0 Å². The molecule has 4 heterocycles. The topological polar surface area (TPSA) is 92.6 Å². The first kappa shape index (κ1) is 15.4. The molecule has 1 atom stereocenters. The number of hydrogen-bond donors (Lipinski definition) is 1. The predicted octanol–water partition coefficient (Wildman–Crippen LogP) is 2.45. The van der Waals surface area contributed by atoms with Crippen LogP contribution in [0.3, 0.4) is 0 Å². The SMILES string of the molecule is Cc1nc(Nc2cnccn2)cc(C2CCCN2c2ccncn2)n1. The van der Waals surface area contributed by atoms with Crippen molar-refractivity contribution in [1.82, 2.24) is 29.9 Å². The minimum atomic E-state index is 0.180. The van der Waals surface area contributed by atoms with E-state index >= 15 is 0 Å². The molecule has 0 spiro atoms. The molecule has 0 amide bonds. The normalized spacial score (nSPS) is 16.8. The van der Waals surface area contributed by atoms with Gasteiger partial charge in [0.2, 0.25) is 0 Å². The fourth-order valence-corrected chi connectivity index (χ4v) is 3.12. The van der Waals surface area contributed by atoms with E-state index in [9.17, 15) is 0 Å². The van der Waals surface area contributed by atoms with Crippen molar-refractivity contribution in [3.8, 4) is 0 Å². The summed E-state index contributed by atoms with van der Waals surface area (Å²) in [5.74, 6) is 3.03. The maximum absolute atomic E-state index is 4.66. The molecule has 0 aliphatic carbocycles. The van der Waals surface area contributed by atoms with Gasteiger partial charge in [-0.15, -0.1) is 0 Å². The van der Waals surface area contributed by atoms with Crippen LogP contribution in [0.25, 0.3) is 0 Å². The maximum atomic E-state index is 4.66. The summed E-state index contributed by atoms with van der Waals surface area (Å²) in [6, 6.07) is 4.09. The minimum absolute atomic E-state index is 0.180. The van der Waals surface area contributed by atoms with E-state index in [1.54, 1.807) is 31.1 Å². The van der Waals surface area contributed by atoms with E-state index in [2.05, 4.69) is 40.1 Å². The Morgan fingerprint density at radius 2 is 2.04 bits per heavy atom. The van der Waals surface area contributed by atoms with Crippen LogP contribution in [0.5, 0.6) is 0 Å². The fourth-order valence-electron chi connectivity index (χ4n) is 3.12. The monoisotopic (exact) mass is 334 g/mol. The second-order valence-electron chi connectivity index (χ2n) is 5.86. The molecule has 1 aliphatic heterocycles. The van der Waals surface area contributed by atoms with Gasteiger partial charge < -0.3 is 10.2 Å². The number of nitrogens with one attached hydrogen (secondary N) is 1. The third-order valence-electron chi connectivity index (χ3n) is 4.13. The highest BCUT2D eigenvalue weighted by molar-refractivity contribution is 5.52. The van der Waals surface area contributed by atoms with Gasteiger partial charge in [-0.2, -0.15) is 0 Å². The number of aryl methyl sites for hydroxylation is 1. The maximum Gasteiger partial charge on any atom is 0.150 e. The number of hydrogen-bond acceptors (Lipinski definition) is 8. The van der Waals surface area contributed by atoms with Gasteiger partial charge in [0, 0.05) is 31.2 Å². The first-order chi connectivity index (χ1) is 12.3. The van der Waals surface area contributed by atoms with Gasteiger partial charge in [-0.25, -0.2) is 24.9 Å². The first-order valence-corrected chi connectivity index (χ1v) is 8.21. The Labute approximate surface area is 145 Å². The van der Waals surface area contributed by atoms with E-state index < -0.39 is 0 Å². The van der Waals surface area contributed by atoms with Crippen molar-refractivity contribution in [3.05, 3.63) is 54.8 Å². The number of nitrogens with zero attached hydrogens (tertiary/aromatic N) is 7. The zero-order valence-corrected chi connectivity index (χ0v) is 13.9. The van der Waals surface area contributed by atoms with Crippen LogP contribution in [0, 0.1) is 6.92 Å². The Morgan fingerprint density at radius 3 is 2.84 bits per heavy atom. The second kappa shape index (κ2) is 6.76. The van der Waals surface area contributed by atoms with Crippen LogP contribution < -0.4 is 10.2 Å². The lowest BCUT2D eigenvalue weighted by Crippen LogP contribution is -2.24. The first-order valence-electron chi connectivity index (χ1n) is 8.21. The molecule has 0 saturated carbocycles. The van der Waals surface area contributed by atoms with E-state index in [1.165, 1.54) is 0 Å². The molecule has 8 heteroatoms. The lowest BCUT2D eigenvalue weighted by molar-refractivity contribution is 0.680. The van der Waals surface area contributed by atoms with Gasteiger partial charge in [0.05, 0.1) is 17.9 Å². The third-order valence-corrected chi connectivity index (χ3v) is 4.13. The molecule has 126 valence electrons. The third kappa shape index (κ3) is 3.37. The lowest BCUT2D eigenvalue weighted by atomic mass is 10.1. The number of anilines is 3. The highest BCUT2D eigenvalue weighted by Crippen LogP contribution is 2.34. The van der Waals surface area contributed by atoms with E-state index in [-0.39, 0.29) is 6.04 Å². The zero-order chi connectivity index (χ0) is 17.1. The molecule has 0 radical (unpaired) electrons. The highest BCUT2D eigenvalue weighted by atomic mass is 15.2. The van der Waals surface area contributed by atoms with Crippen molar-refractivity contribution in [2.24, 2.45) is 0 Å². The minimum Gasteiger partial charge on any atom is -0.348 e. The molecule has 8 nitrogen and oxygen atoms in total. The summed E-state index contributed by atoms with van der Waals surface area (Å²) in [6.07, 6.45) is 10.4. The molecule has 4 rings (SSSR count). The predicted molar refractivity (Wildman–Crippen MR) is 93.4 cm³/mol. The molecule has 3 aromatic heterocycles. The van der Waals surface area contributed by atoms with Crippen LogP contribution in [-0.2, 0) is 0 Å².